The molecule has 3 rings (SSSR count). The second kappa shape index (κ2) is 7.84. The van der Waals surface area contributed by atoms with E-state index in [1.165, 1.54) is 11.3 Å². The molecule has 0 spiro atoms. The highest BCUT2D eigenvalue weighted by Crippen LogP contribution is 2.20. The Hall–Kier alpha value is -2.26. The molecule has 1 fully saturated rings. The van der Waals surface area contributed by atoms with E-state index in [0.29, 0.717) is 0 Å². The minimum atomic E-state index is 0.915. The molecule has 1 heterocycles. The first-order valence-electron chi connectivity index (χ1n) is 8.18. The van der Waals surface area contributed by atoms with E-state index in [2.05, 4.69) is 64.4 Å². The van der Waals surface area contributed by atoms with E-state index in [0.717, 1.165) is 38.5 Å². The van der Waals surface area contributed by atoms with Crippen molar-refractivity contribution in [2.45, 2.75) is 0 Å². The highest BCUT2D eigenvalue weighted by atomic mass is 16.5. The molecule has 1 aliphatic rings. The molecule has 0 radical (unpaired) electrons. The normalized spacial score (nSPS) is 16.0. The average molecular weight is 308 g/mol. The number of rotatable bonds is 5. The molecule has 120 valence electrons. The summed E-state index contributed by atoms with van der Waals surface area (Å²) in [5.41, 5.74) is 2.55. The van der Waals surface area contributed by atoms with Crippen LogP contribution in [0.3, 0.4) is 0 Å². The summed E-state index contributed by atoms with van der Waals surface area (Å²) in [6, 6.07) is 18.8. The molecule has 0 saturated carbocycles. The summed E-state index contributed by atoms with van der Waals surface area (Å²) in [4.78, 5) is 4.94. The Morgan fingerprint density at radius 1 is 0.913 bits per heavy atom. The smallest absolute Gasteiger partial charge is 0.119 e. The number of ether oxygens (including phenoxy) is 1. The van der Waals surface area contributed by atoms with Crippen LogP contribution in [0.4, 0.5) is 5.69 Å². The molecule has 0 bridgehead atoms. The van der Waals surface area contributed by atoms with Crippen LogP contribution in [0.2, 0.25) is 0 Å². The first-order chi connectivity index (χ1) is 11.3. The molecule has 0 aliphatic carbocycles. The molecule has 1 saturated heterocycles. The summed E-state index contributed by atoms with van der Waals surface area (Å²) in [5.74, 6) is 0.915. The summed E-state index contributed by atoms with van der Waals surface area (Å²) < 4.78 is 5.22. The van der Waals surface area contributed by atoms with E-state index in [4.69, 9.17) is 4.74 Å². The van der Waals surface area contributed by atoms with E-state index in [-0.39, 0.29) is 0 Å². The monoisotopic (exact) mass is 308 g/mol. The molecule has 0 N–H and O–H groups in total. The van der Waals surface area contributed by atoms with Crippen LogP contribution < -0.4 is 9.64 Å². The van der Waals surface area contributed by atoms with Crippen LogP contribution in [0.25, 0.3) is 6.08 Å². The van der Waals surface area contributed by atoms with Crippen LogP contribution in [-0.2, 0) is 0 Å². The fourth-order valence-corrected chi connectivity index (χ4v) is 2.88. The topological polar surface area (TPSA) is 15.7 Å². The van der Waals surface area contributed by atoms with Gasteiger partial charge in [0, 0.05) is 38.4 Å². The van der Waals surface area contributed by atoms with E-state index >= 15 is 0 Å². The first-order valence-corrected chi connectivity index (χ1v) is 8.18. The van der Waals surface area contributed by atoms with Gasteiger partial charge in [-0.2, -0.15) is 0 Å². The van der Waals surface area contributed by atoms with Gasteiger partial charge in [0.05, 0.1) is 7.11 Å². The fourth-order valence-electron chi connectivity index (χ4n) is 2.88. The largest absolute Gasteiger partial charge is 0.497 e. The minimum absolute atomic E-state index is 0.915. The molecule has 3 heteroatoms. The lowest BCUT2D eigenvalue weighted by Crippen LogP contribution is -2.46. The van der Waals surface area contributed by atoms with Crippen molar-refractivity contribution >= 4 is 11.8 Å². The molecule has 0 unspecified atom stereocenters. The van der Waals surface area contributed by atoms with Gasteiger partial charge in [0.1, 0.15) is 5.75 Å². The number of hydrogen-bond acceptors (Lipinski definition) is 3. The highest BCUT2D eigenvalue weighted by Gasteiger charge is 2.16. The lowest BCUT2D eigenvalue weighted by atomic mass is 10.2. The minimum Gasteiger partial charge on any atom is -0.497 e. The van der Waals surface area contributed by atoms with Gasteiger partial charge < -0.3 is 9.64 Å². The molecule has 0 amide bonds. The van der Waals surface area contributed by atoms with Gasteiger partial charge in [0.15, 0.2) is 0 Å². The zero-order valence-corrected chi connectivity index (χ0v) is 13.7. The molecule has 23 heavy (non-hydrogen) atoms. The quantitative estimate of drug-likeness (QED) is 0.840. The van der Waals surface area contributed by atoms with Crippen molar-refractivity contribution in [2.75, 3.05) is 44.7 Å². The van der Waals surface area contributed by atoms with Gasteiger partial charge in [-0.25, -0.2) is 0 Å². The average Bonchev–Trinajstić information content (AvgIpc) is 2.63. The summed E-state index contributed by atoms with van der Waals surface area (Å²) >= 11 is 0. The molecule has 2 aromatic carbocycles. The molecule has 0 atom stereocenters. The van der Waals surface area contributed by atoms with E-state index in [1.54, 1.807) is 7.11 Å². The van der Waals surface area contributed by atoms with Crippen molar-refractivity contribution in [1.29, 1.82) is 0 Å². The Balaban J connectivity index is 1.47. The van der Waals surface area contributed by atoms with Crippen LogP contribution in [0, 0.1) is 0 Å². The molecule has 1 aliphatic heterocycles. The van der Waals surface area contributed by atoms with Gasteiger partial charge in [0.2, 0.25) is 0 Å². The third-order valence-electron chi connectivity index (χ3n) is 4.28. The summed E-state index contributed by atoms with van der Waals surface area (Å²) in [6.45, 7) is 5.37. The zero-order chi connectivity index (χ0) is 15.9. The van der Waals surface area contributed by atoms with Crippen molar-refractivity contribution in [1.82, 2.24) is 4.90 Å². The highest BCUT2D eigenvalue weighted by molar-refractivity contribution is 5.50. The van der Waals surface area contributed by atoms with Crippen molar-refractivity contribution in [2.24, 2.45) is 0 Å². The van der Waals surface area contributed by atoms with Crippen LogP contribution in [-0.4, -0.2) is 44.7 Å². The molecule has 0 aromatic heterocycles. The zero-order valence-electron chi connectivity index (χ0n) is 13.7. The van der Waals surface area contributed by atoms with Gasteiger partial charge in [-0.1, -0.05) is 42.5 Å². The standard InChI is InChI=1S/C20H24N2O/c1-23-20-11-9-19(10-12-20)22-16-14-21(15-17-22)13-5-8-18-6-3-2-4-7-18/h2-12H,13-17H2,1H3/b8-5+. The van der Waals surface area contributed by atoms with Crippen LogP contribution in [0.1, 0.15) is 5.56 Å². The third kappa shape index (κ3) is 4.36. The van der Waals surface area contributed by atoms with Gasteiger partial charge in [0.25, 0.3) is 0 Å². The van der Waals surface area contributed by atoms with E-state index in [1.807, 2.05) is 12.1 Å². The number of methoxy groups -OCH3 is 1. The predicted octanol–water partition coefficient (Wildman–Crippen LogP) is 3.53. The van der Waals surface area contributed by atoms with Gasteiger partial charge >= 0.3 is 0 Å². The molecule has 2 aromatic rings. The van der Waals surface area contributed by atoms with Gasteiger partial charge in [-0.3, -0.25) is 4.90 Å². The SMILES string of the molecule is COc1ccc(N2CCN(C/C=C/c3ccccc3)CC2)cc1. The second-order valence-corrected chi connectivity index (χ2v) is 5.80. The number of piperazine rings is 1. The van der Waals surface area contributed by atoms with Gasteiger partial charge in [-0.15, -0.1) is 0 Å². The van der Waals surface area contributed by atoms with Crippen LogP contribution >= 0.6 is 0 Å². The van der Waals surface area contributed by atoms with Crippen molar-refractivity contribution < 1.29 is 4.74 Å². The van der Waals surface area contributed by atoms with Crippen LogP contribution in [0.15, 0.2) is 60.7 Å². The summed E-state index contributed by atoms with van der Waals surface area (Å²) in [6.07, 6.45) is 4.47. The van der Waals surface area contributed by atoms with Crippen molar-refractivity contribution in [3.63, 3.8) is 0 Å². The Morgan fingerprint density at radius 2 is 1.61 bits per heavy atom. The Bertz CT molecular complexity index is 614. The fraction of sp³-hybridized carbons (Fsp3) is 0.300. The summed E-state index contributed by atoms with van der Waals surface area (Å²) in [5, 5.41) is 0. The first kappa shape index (κ1) is 15.6. The van der Waals surface area contributed by atoms with E-state index < -0.39 is 0 Å². The molecular formula is C20H24N2O. The van der Waals surface area contributed by atoms with Gasteiger partial charge in [-0.05, 0) is 29.8 Å². The Labute approximate surface area is 138 Å². The Kier molecular flexibility index (Phi) is 5.33. The Morgan fingerprint density at radius 3 is 2.26 bits per heavy atom. The lowest BCUT2D eigenvalue weighted by Gasteiger charge is -2.35. The van der Waals surface area contributed by atoms with Crippen molar-refractivity contribution in [3.05, 3.63) is 66.2 Å². The van der Waals surface area contributed by atoms with Crippen LogP contribution in [0.5, 0.6) is 5.75 Å². The molecular weight excluding hydrogens is 284 g/mol. The lowest BCUT2D eigenvalue weighted by molar-refractivity contribution is 0.284. The maximum atomic E-state index is 5.22. The number of hydrogen-bond donors (Lipinski definition) is 0. The third-order valence-corrected chi connectivity index (χ3v) is 4.28. The maximum absolute atomic E-state index is 5.22. The molecule has 3 nitrogen and oxygen atoms in total. The summed E-state index contributed by atoms with van der Waals surface area (Å²) in [7, 11) is 1.71. The maximum Gasteiger partial charge on any atom is 0.119 e. The van der Waals surface area contributed by atoms with E-state index in [9.17, 15) is 0 Å². The number of benzene rings is 2. The number of nitrogens with zero attached hydrogens (tertiary/aromatic N) is 2. The predicted molar refractivity (Wildman–Crippen MR) is 97.1 cm³/mol. The van der Waals surface area contributed by atoms with Crippen molar-refractivity contribution in [3.8, 4) is 5.75 Å². The second-order valence-electron chi connectivity index (χ2n) is 5.80. The number of anilines is 1.